The number of hydrogen-bond acceptors (Lipinski definition) is 3. The molecule has 0 aliphatic heterocycles. The number of rotatable bonds is 6. The van der Waals surface area contributed by atoms with E-state index in [1.54, 1.807) is 30.3 Å². The van der Waals surface area contributed by atoms with Gasteiger partial charge in [-0.05, 0) is 43.8 Å². The van der Waals surface area contributed by atoms with Gasteiger partial charge in [-0.25, -0.2) is 8.78 Å². The van der Waals surface area contributed by atoms with E-state index in [-0.39, 0.29) is 18.5 Å². The van der Waals surface area contributed by atoms with E-state index in [2.05, 4.69) is 5.32 Å². The van der Waals surface area contributed by atoms with Gasteiger partial charge in [0.15, 0.2) is 11.6 Å². The van der Waals surface area contributed by atoms with Crippen LogP contribution in [0, 0.1) is 11.6 Å². The van der Waals surface area contributed by atoms with Crippen molar-refractivity contribution in [3.8, 4) is 0 Å². The van der Waals surface area contributed by atoms with Crippen molar-refractivity contribution in [2.75, 3.05) is 13.6 Å². The average molecular weight is 308 g/mol. The van der Waals surface area contributed by atoms with Crippen LogP contribution < -0.4 is 5.32 Å². The molecule has 0 unspecified atom stereocenters. The first-order valence-electron chi connectivity index (χ1n) is 6.91. The zero-order chi connectivity index (χ0) is 16.1. The molecule has 0 radical (unpaired) electrons. The van der Waals surface area contributed by atoms with Gasteiger partial charge in [0.25, 0.3) is 0 Å². The first-order chi connectivity index (χ1) is 10.5. The molecule has 2 aromatic rings. The first-order valence-corrected chi connectivity index (χ1v) is 6.91. The Bertz CT molecular complexity index is 629. The number of nitrogens with one attached hydrogen (secondary N) is 1. The summed E-state index contributed by atoms with van der Waals surface area (Å²) in [6.45, 7) is 2.28. The van der Waals surface area contributed by atoms with Crippen LogP contribution in [0.15, 0.2) is 41.0 Å². The predicted octanol–water partition coefficient (Wildman–Crippen LogP) is 2.87. The Morgan fingerprint density at radius 2 is 2.09 bits per heavy atom. The molecule has 0 saturated carbocycles. The SMILES string of the molecule is C[C@H](c1ccc(F)c(F)c1)N(C)CC(=O)NCc1ccco1. The summed E-state index contributed by atoms with van der Waals surface area (Å²) in [5, 5.41) is 2.73. The quantitative estimate of drug-likeness (QED) is 0.892. The molecule has 4 nitrogen and oxygen atoms in total. The molecular formula is C16H18F2N2O2. The summed E-state index contributed by atoms with van der Waals surface area (Å²) in [7, 11) is 1.75. The molecule has 1 N–H and O–H groups in total. The highest BCUT2D eigenvalue weighted by Gasteiger charge is 2.16. The van der Waals surface area contributed by atoms with E-state index in [9.17, 15) is 13.6 Å². The molecule has 118 valence electrons. The third-order valence-corrected chi connectivity index (χ3v) is 3.52. The Kier molecular flexibility index (Phi) is 5.27. The van der Waals surface area contributed by atoms with E-state index in [1.165, 1.54) is 6.07 Å². The summed E-state index contributed by atoms with van der Waals surface area (Å²) in [5.41, 5.74) is 0.611. The highest BCUT2D eigenvalue weighted by atomic mass is 19.2. The monoisotopic (exact) mass is 308 g/mol. The van der Waals surface area contributed by atoms with E-state index in [0.717, 1.165) is 12.1 Å². The van der Waals surface area contributed by atoms with Crippen LogP contribution in [0.2, 0.25) is 0 Å². The number of likely N-dealkylation sites (N-methyl/N-ethyl adjacent to an activating group) is 1. The standard InChI is InChI=1S/C16H18F2N2O2/c1-11(12-5-6-14(17)15(18)8-12)20(2)10-16(21)19-9-13-4-3-7-22-13/h3-8,11H,9-10H2,1-2H3,(H,19,21)/t11-/m1/s1. The first kappa shape index (κ1) is 16.2. The fourth-order valence-corrected chi connectivity index (χ4v) is 2.04. The van der Waals surface area contributed by atoms with Crippen molar-refractivity contribution in [3.05, 3.63) is 59.6 Å². The minimum Gasteiger partial charge on any atom is -0.467 e. The van der Waals surface area contributed by atoms with Gasteiger partial charge < -0.3 is 9.73 Å². The van der Waals surface area contributed by atoms with E-state index in [4.69, 9.17) is 4.42 Å². The summed E-state index contributed by atoms with van der Waals surface area (Å²) in [5.74, 6) is -1.27. The summed E-state index contributed by atoms with van der Waals surface area (Å²) in [4.78, 5) is 13.6. The molecule has 0 spiro atoms. The lowest BCUT2D eigenvalue weighted by atomic mass is 10.1. The van der Waals surface area contributed by atoms with Crippen LogP contribution in [0.3, 0.4) is 0 Å². The van der Waals surface area contributed by atoms with E-state index < -0.39 is 11.6 Å². The number of amides is 1. The number of carbonyl (C=O) groups excluding carboxylic acids is 1. The van der Waals surface area contributed by atoms with Crippen molar-refractivity contribution in [2.24, 2.45) is 0 Å². The van der Waals surface area contributed by atoms with Crippen LogP contribution in [0.1, 0.15) is 24.3 Å². The maximum Gasteiger partial charge on any atom is 0.234 e. The van der Waals surface area contributed by atoms with E-state index in [1.807, 2.05) is 6.92 Å². The average Bonchev–Trinajstić information content (AvgIpc) is 3.00. The zero-order valence-electron chi connectivity index (χ0n) is 12.5. The van der Waals surface area contributed by atoms with Crippen molar-refractivity contribution < 1.29 is 18.0 Å². The summed E-state index contributed by atoms with van der Waals surface area (Å²) < 4.78 is 31.3. The molecule has 0 aliphatic carbocycles. The fourth-order valence-electron chi connectivity index (χ4n) is 2.04. The van der Waals surface area contributed by atoms with Gasteiger partial charge in [0, 0.05) is 6.04 Å². The Morgan fingerprint density at radius 3 is 2.73 bits per heavy atom. The minimum absolute atomic E-state index is 0.140. The van der Waals surface area contributed by atoms with Gasteiger partial charge in [-0.3, -0.25) is 9.69 Å². The highest BCUT2D eigenvalue weighted by molar-refractivity contribution is 5.77. The lowest BCUT2D eigenvalue weighted by Crippen LogP contribution is -2.36. The molecule has 2 rings (SSSR count). The number of benzene rings is 1. The van der Waals surface area contributed by atoms with Gasteiger partial charge in [-0.15, -0.1) is 0 Å². The second-order valence-corrected chi connectivity index (χ2v) is 5.12. The maximum atomic E-state index is 13.3. The van der Waals surface area contributed by atoms with Crippen LogP contribution in [-0.2, 0) is 11.3 Å². The lowest BCUT2D eigenvalue weighted by Gasteiger charge is -2.24. The van der Waals surface area contributed by atoms with Gasteiger partial charge in [0.05, 0.1) is 19.4 Å². The normalized spacial score (nSPS) is 12.4. The van der Waals surface area contributed by atoms with Crippen molar-refractivity contribution in [2.45, 2.75) is 19.5 Å². The number of hydrogen-bond donors (Lipinski definition) is 1. The molecule has 1 amide bonds. The summed E-state index contributed by atoms with van der Waals surface area (Å²) in [6, 6.07) is 7.06. The van der Waals surface area contributed by atoms with Crippen LogP contribution in [0.25, 0.3) is 0 Å². The van der Waals surface area contributed by atoms with Crippen LogP contribution in [0.4, 0.5) is 8.78 Å². The van der Waals surface area contributed by atoms with Crippen LogP contribution >= 0.6 is 0 Å². The molecule has 1 aromatic carbocycles. The van der Waals surface area contributed by atoms with Gasteiger partial charge in [-0.1, -0.05) is 6.07 Å². The zero-order valence-corrected chi connectivity index (χ0v) is 12.5. The molecular weight excluding hydrogens is 290 g/mol. The molecule has 0 saturated heterocycles. The molecule has 1 atom stereocenters. The Balaban J connectivity index is 1.88. The Labute approximate surface area is 127 Å². The second-order valence-electron chi connectivity index (χ2n) is 5.12. The number of halogens is 2. The molecule has 0 bridgehead atoms. The predicted molar refractivity (Wildman–Crippen MR) is 78.0 cm³/mol. The van der Waals surface area contributed by atoms with Crippen LogP contribution in [0.5, 0.6) is 0 Å². The fraction of sp³-hybridized carbons (Fsp3) is 0.312. The molecule has 0 aliphatic rings. The number of carbonyl (C=O) groups is 1. The van der Waals surface area contributed by atoms with Gasteiger partial charge >= 0.3 is 0 Å². The molecule has 22 heavy (non-hydrogen) atoms. The molecule has 0 fully saturated rings. The van der Waals surface area contributed by atoms with Crippen molar-refractivity contribution in [1.29, 1.82) is 0 Å². The lowest BCUT2D eigenvalue weighted by molar-refractivity contribution is -0.122. The van der Waals surface area contributed by atoms with Gasteiger partial charge in [0.1, 0.15) is 5.76 Å². The highest BCUT2D eigenvalue weighted by Crippen LogP contribution is 2.20. The second kappa shape index (κ2) is 7.17. The molecule has 1 aromatic heterocycles. The smallest absolute Gasteiger partial charge is 0.234 e. The summed E-state index contributed by atoms with van der Waals surface area (Å²) in [6.07, 6.45) is 1.54. The number of nitrogens with zero attached hydrogens (tertiary/aromatic N) is 1. The Hall–Kier alpha value is -2.21. The maximum absolute atomic E-state index is 13.3. The molecule has 6 heteroatoms. The third-order valence-electron chi connectivity index (χ3n) is 3.52. The van der Waals surface area contributed by atoms with Gasteiger partial charge in [0.2, 0.25) is 5.91 Å². The summed E-state index contributed by atoms with van der Waals surface area (Å²) >= 11 is 0. The van der Waals surface area contributed by atoms with E-state index in [0.29, 0.717) is 17.9 Å². The topological polar surface area (TPSA) is 45.5 Å². The molecule has 1 heterocycles. The largest absolute Gasteiger partial charge is 0.467 e. The van der Waals surface area contributed by atoms with Crippen molar-refractivity contribution >= 4 is 5.91 Å². The van der Waals surface area contributed by atoms with E-state index >= 15 is 0 Å². The van der Waals surface area contributed by atoms with Crippen LogP contribution in [-0.4, -0.2) is 24.4 Å². The van der Waals surface area contributed by atoms with Crippen molar-refractivity contribution in [1.82, 2.24) is 10.2 Å². The third kappa shape index (κ3) is 4.14. The Morgan fingerprint density at radius 1 is 1.32 bits per heavy atom. The van der Waals surface area contributed by atoms with Gasteiger partial charge in [-0.2, -0.15) is 0 Å². The number of furan rings is 1. The van der Waals surface area contributed by atoms with Crippen molar-refractivity contribution in [3.63, 3.8) is 0 Å². The minimum atomic E-state index is -0.889.